The fraction of sp³-hybridized carbons (Fsp3) is 0.750. The first-order valence-corrected chi connectivity index (χ1v) is 1.78. The molecule has 0 aliphatic carbocycles. The minimum Gasteiger partial charge on any atom is -0.284 e. The Kier molecular flexibility index (Phi) is 1.81. The lowest BCUT2D eigenvalue weighted by Gasteiger charge is -1.63. The van der Waals surface area contributed by atoms with Gasteiger partial charge in [-0.1, -0.05) is 6.92 Å². The lowest BCUT2D eigenvalue weighted by molar-refractivity contribution is 0.660. The predicted octanol–water partition coefficient (Wildman–Crippen LogP) is 0.961. The van der Waals surface area contributed by atoms with E-state index in [0.717, 1.165) is 6.42 Å². The summed E-state index contributed by atoms with van der Waals surface area (Å²) in [5.41, 5.74) is 0. The third-order valence-corrected chi connectivity index (χ3v) is 0.512. The largest absolute Gasteiger partial charge is 0.289 e. The Morgan fingerprint density at radius 2 is 2.00 bits per heavy atom. The summed E-state index contributed by atoms with van der Waals surface area (Å²) in [7, 11) is 0. The molecule has 0 heterocycles. The fourth-order valence-electron chi connectivity index (χ4n) is 0. The lowest BCUT2D eigenvalue weighted by Crippen LogP contribution is -1.81. The van der Waals surface area contributed by atoms with Gasteiger partial charge in [0.25, 0.3) is 5.78 Å². The molecule has 0 aliphatic heterocycles. The third-order valence-electron chi connectivity index (χ3n) is 0.512. The maximum absolute atomic E-state index is 8.28. The second-order valence-corrected chi connectivity index (χ2v) is 1.09. The highest BCUT2D eigenvalue weighted by molar-refractivity contribution is 5.76. The van der Waals surface area contributed by atoms with Crippen molar-refractivity contribution >= 4 is 5.78 Å². The first kappa shape index (κ1) is 4.67. The minimum absolute atomic E-state index is 0.505. The van der Waals surface area contributed by atoms with Crippen LogP contribution in [0.25, 0.3) is 0 Å². The molecule has 1 N–H and O–H groups in total. The van der Waals surface area contributed by atoms with Crippen LogP contribution in [0.5, 0.6) is 0 Å². The molecule has 1 nitrogen and oxygen atoms in total. The fourth-order valence-corrected chi connectivity index (χ4v) is 0. The zero-order valence-corrected chi connectivity index (χ0v) is 3.65. The monoisotopic (exact) mass is 73.1 g/mol. The standard InChI is InChI=1S/C4H8O/c1-3-4(2)5/h3H2,1-2H3/p+1. The van der Waals surface area contributed by atoms with E-state index in [1.165, 1.54) is 0 Å². The summed E-state index contributed by atoms with van der Waals surface area (Å²) in [6, 6.07) is 0. The van der Waals surface area contributed by atoms with Crippen molar-refractivity contribution in [3.05, 3.63) is 0 Å². The van der Waals surface area contributed by atoms with Crippen LogP contribution in [0.1, 0.15) is 20.3 Å². The molecule has 0 unspecified atom stereocenters. The smallest absolute Gasteiger partial charge is 0.284 e. The van der Waals surface area contributed by atoms with Crippen molar-refractivity contribution in [1.82, 2.24) is 0 Å². The van der Waals surface area contributed by atoms with Gasteiger partial charge in [0, 0.05) is 6.92 Å². The van der Waals surface area contributed by atoms with Crippen LogP contribution in [-0.4, -0.2) is 10.6 Å². The molecule has 5 heavy (non-hydrogen) atoms. The van der Waals surface area contributed by atoms with E-state index < -0.39 is 0 Å². The lowest BCUT2D eigenvalue weighted by atomic mass is 10.4. The van der Waals surface area contributed by atoms with Crippen molar-refractivity contribution in [2.45, 2.75) is 20.3 Å². The highest BCUT2D eigenvalue weighted by Crippen LogP contribution is 1.71. The van der Waals surface area contributed by atoms with Gasteiger partial charge in [0.1, 0.15) is 0 Å². The molecule has 30 valence electrons. The molecule has 0 saturated carbocycles. The number of hydrogen-bond acceptors (Lipinski definition) is 0. The van der Waals surface area contributed by atoms with Crippen LogP contribution in [0, 0.1) is 0 Å². The average Bonchev–Trinajstić information content (AvgIpc) is 1.38. The number of carbonyl (C=O) groups excluding carboxylic acids is 1. The van der Waals surface area contributed by atoms with Crippen molar-refractivity contribution in [2.24, 2.45) is 0 Å². The molecule has 1 heteroatoms. The van der Waals surface area contributed by atoms with Crippen molar-refractivity contribution < 1.29 is 4.79 Å². The maximum Gasteiger partial charge on any atom is 0.289 e. The molecule has 0 aliphatic rings. The van der Waals surface area contributed by atoms with E-state index in [1.807, 2.05) is 6.92 Å². The number of rotatable bonds is 1. The predicted molar refractivity (Wildman–Crippen MR) is 22.9 cm³/mol. The van der Waals surface area contributed by atoms with Gasteiger partial charge < -0.3 is 0 Å². The van der Waals surface area contributed by atoms with E-state index in [1.54, 1.807) is 6.92 Å². The molecule has 0 fully saturated rings. The van der Waals surface area contributed by atoms with Gasteiger partial charge in [-0.3, -0.25) is 4.79 Å². The summed E-state index contributed by atoms with van der Waals surface area (Å²) in [4.78, 5) is 8.28. The van der Waals surface area contributed by atoms with E-state index >= 15 is 0 Å². The quantitative estimate of drug-likeness (QED) is 0.412. The topological polar surface area (TPSA) is 21.4 Å². The van der Waals surface area contributed by atoms with Crippen LogP contribution in [0.15, 0.2) is 0 Å². The Bertz CT molecular complexity index is 38.9. The minimum atomic E-state index is 0.505. The van der Waals surface area contributed by atoms with E-state index in [9.17, 15) is 0 Å². The SMILES string of the molecule is CCC(C)=[OH+]. The van der Waals surface area contributed by atoms with Gasteiger partial charge in [0.2, 0.25) is 0 Å². The van der Waals surface area contributed by atoms with Crippen molar-refractivity contribution in [1.29, 1.82) is 0 Å². The Labute approximate surface area is 32.0 Å². The molecular formula is C4H9O+. The number of ketones is 1. The van der Waals surface area contributed by atoms with Gasteiger partial charge in [-0.2, -0.15) is 0 Å². The van der Waals surface area contributed by atoms with Crippen LogP contribution in [0.2, 0.25) is 0 Å². The van der Waals surface area contributed by atoms with Gasteiger partial charge in [-0.15, -0.1) is 0 Å². The molecule has 0 spiro atoms. The first-order valence-electron chi connectivity index (χ1n) is 1.78. The zero-order valence-electron chi connectivity index (χ0n) is 3.65. The molecule has 0 radical (unpaired) electrons. The third kappa shape index (κ3) is 3.67. The van der Waals surface area contributed by atoms with Crippen LogP contribution >= 0.6 is 0 Å². The van der Waals surface area contributed by atoms with Gasteiger partial charge in [-0.25, -0.2) is 0 Å². The molecule has 0 saturated heterocycles. The molecule has 0 bridgehead atoms. The Balaban J connectivity index is 2.85. The van der Waals surface area contributed by atoms with Gasteiger partial charge in [0.05, 0.1) is 6.42 Å². The molecule has 0 aromatic heterocycles. The van der Waals surface area contributed by atoms with Gasteiger partial charge >= 0.3 is 0 Å². The van der Waals surface area contributed by atoms with E-state index in [2.05, 4.69) is 0 Å². The first-order chi connectivity index (χ1) is 2.27. The maximum atomic E-state index is 8.28. The van der Waals surface area contributed by atoms with Gasteiger partial charge in [0.15, 0.2) is 0 Å². The van der Waals surface area contributed by atoms with Crippen LogP contribution in [0.3, 0.4) is 0 Å². The van der Waals surface area contributed by atoms with Gasteiger partial charge in [-0.05, 0) is 0 Å². The summed E-state index contributed by atoms with van der Waals surface area (Å²) in [5.74, 6) is 0.505. The second kappa shape index (κ2) is 1.94. The highest BCUT2D eigenvalue weighted by Gasteiger charge is 1.86. The average molecular weight is 73.1 g/mol. The second-order valence-electron chi connectivity index (χ2n) is 1.09. The molecule has 0 atom stereocenters. The van der Waals surface area contributed by atoms with Crippen molar-refractivity contribution in [2.75, 3.05) is 0 Å². The molecule has 0 rings (SSSR count). The van der Waals surface area contributed by atoms with Crippen LogP contribution in [0.4, 0.5) is 0 Å². The normalized spacial score (nSPS) is 7.60. The number of hydrogen-bond donors (Lipinski definition) is 0. The highest BCUT2D eigenvalue weighted by atomic mass is 16.1. The Hall–Kier alpha value is -0.330. The summed E-state index contributed by atoms with van der Waals surface area (Å²) in [6.07, 6.45) is 0.778. The summed E-state index contributed by atoms with van der Waals surface area (Å²) < 4.78 is 0. The molecule has 0 aromatic rings. The van der Waals surface area contributed by atoms with Crippen LogP contribution < -0.4 is 0 Å². The summed E-state index contributed by atoms with van der Waals surface area (Å²) in [5, 5.41) is 0. The zero-order chi connectivity index (χ0) is 4.28. The molecule has 0 amide bonds. The Morgan fingerprint density at radius 1 is 1.80 bits per heavy atom. The summed E-state index contributed by atoms with van der Waals surface area (Å²) in [6.45, 7) is 3.61. The summed E-state index contributed by atoms with van der Waals surface area (Å²) >= 11 is 0. The van der Waals surface area contributed by atoms with E-state index in [0.29, 0.717) is 5.78 Å². The molecular weight excluding hydrogens is 64.0 g/mol. The van der Waals surface area contributed by atoms with Crippen LogP contribution in [-0.2, 0) is 0 Å². The Morgan fingerprint density at radius 3 is 2.00 bits per heavy atom. The molecule has 0 aromatic carbocycles. The van der Waals surface area contributed by atoms with E-state index in [4.69, 9.17) is 4.79 Å². The van der Waals surface area contributed by atoms with Crippen molar-refractivity contribution in [3.8, 4) is 0 Å². The van der Waals surface area contributed by atoms with E-state index in [-0.39, 0.29) is 0 Å². The van der Waals surface area contributed by atoms with Crippen molar-refractivity contribution in [3.63, 3.8) is 0 Å².